The van der Waals surface area contributed by atoms with E-state index in [1.54, 1.807) is 11.8 Å². The summed E-state index contributed by atoms with van der Waals surface area (Å²) in [7, 11) is 0. The van der Waals surface area contributed by atoms with E-state index in [-0.39, 0.29) is 5.91 Å². The van der Waals surface area contributed by atoms with E-state index in [2.05, 4.69) is 12.2 Å². The van der Waals surface area contributed by atoms with Gasteiger partial charge in [0.25, 0.3) is 5.91 Å². The molecule has 5 heteroatoms. The Hall–Kier alpha value is -1.98. The maximum atomic E-state index is 12.8. The Kier molecular flexibility index (Phi) is 6.97. The number of rotatable bonds is 8. The molecule has 1 aliphatic heterocycles. The van der Waals surface area contributed by atoms with Crippen LogP contribution in [0.5, 0.6) is 5.75 Å². The minimum atomic E-state index is -0.104. The predicted octanol–water partition coefficient (Wildman–Crippen LogP) is 5.00. The first kappa shape index (κ1) is 18.8. The van der Waals surface area contributed by atoms with Crippen molar-refractivity contribution in [2.45, 2.75) is 37.2 Å². The summed E-state index contributed by atoms with van der Waals surface area (Å²) in [6.45, 7) is 3.58. The van der Waals surface area contributed by atoms with Crippen LogP contribution in [0, 0.1) is 0 Å². The molecule has 0 aromatic heterocycles. The van der Waals surface area contributed by atoms with Gasteiger partial charge in [0.15, 0.2) is 0 Å². The minimum absolute atomic E-state index is 0.104. The molecule has 4 nitrogen and oxygen atoms in total. The van der Waals surface area contributed by atoms with E-state index < -0.39 is 0 Å². The van der Waals surface area contributed by atoms with Gasteiger partial charge in [-0.3, -0.25) is 4.79 Å². The van der Waals surface area contributed by atoms with E-state index in [9.17, 15) is 4.79 Å². The standard InChI is InChI=1S/C21H25NO3S/c1-2-12-24-17-8-5-7-16(14-17)22-21(23)19-10-3-4-11-20(19)26-15-18-9-6-13-25-18/h3-5,7-8,10-11,14,18H,2,6,9,12-13,15H2,1H3,(H,22,23). The molecule has 1 heterocycles. The Morgan fingerprint density at radius 2 is 2.15 bits per heavy atom. The number of benzene rings is 2. The smallest absolute Gasteiger partial charge is 0.256 e. The average Bonchev–Trinajstić information content (AvgIpc) is 3.19. The van der Waals surface area contributed by atoms with Crippen LogP contribution in [0.15, 0.2) is 53.4 Å². The van der Waals surface area contributed by atoms with Crippen molar-refractivity contribution < 1.29 is 14.3 Å². The lowest BCUT2D eigenvalue weighted by molar-refractivity contribution is 0.102. The van der Waals surface area contributed by atoms with Gasteiger partial charge in [-0.15, -0.1) is 11.8 Å². The largest absolute Gasteiger partial charge is 0.494 e. The van der Waals surface area contributed by atoms with E-state index in [1.807, 2.05) is 48.5 Å². The molecule has 0 bridgehead atoms. The highest BCUT2D eigenvalue weighted by Gasteiger charge is 2.18. The molecule has 138 valence electrons. The molecule has 0 saturated carbocycles. The van der Waals surface area contributed by atoms with Crippen LogP contribution >= 0.6 is 11.8 Å². The second-order valence-corrected chi connectivity index (χ2v) is 7.33. The van der Waals surface area contributed by atoms with Crippen molar-refractivity contribution >= 4 is 23.4 Å². The lowest BCUT2D eigenvalue weighted by atomic mass is 10.2. The number of carbonyl (C=O) groups excluding carboxylic acids is 1. The van der Waals surface area contributed by atoms with Gasteiger partial charge in [-0.05, 0) is 43.5 Å². The molecular formula is C21H25NO3S. The summed E-state index contributed by atoms with van der Waals surface area (Å²) >= 11 is 1.69. The zero-order chi connectivity index (χ0) is 18.2. The third-order valence-electron chi connectivity index (χ3n) is 4.15. The molecule has 0 radical (unpaired) electrons. The number of carbonyl (C=O) groups is 1. The molecule has 1 aliphatic rings. The van der Waals surface area contributed by atoms with Gasteiger partial charge in [-0.2, -0.15) is 0 Å². The Morgan fingerprint density at radius 1 is 1.27 bits per heavy atom. The zero-order valence-electron chi connectivity index (χ0n) is 15.1. The van der Waals surface area contributed by atoms with Crippen LogP contribution in [-0.4, -0.2) is 31.0 Å². The Balaban J connectivity index is 1.65. The molecule has 1 fully saturated rings. The van der Waals surface area contributed by atoms with Crippen molar-refractivity contribution in [1.82, 2.24) is 0 Å². The number of ether oxygens (including phenoxy) is 2. The highest BCUT2D eigenvalue weighted by atomic mass is 32.2. The number of hydrogen-bond donors (Lipinski definition) is 1. The first-order valence-electron chi connectivity index (χ1n) is 9.14. The van der Waals surface area contributed by atoms with Crippen LogP contribution in [-0.2, 0) is 4.74 Å². The van der Waals surface area contributed by atoms with Gasteiger partial charge in [0.1, 0.15) is 5.75 Å². The van der Waals surface area contributed by atoms with Crippen LogP contribution in [0.1, 0.15) is 36.5 Å². The number of amides is 1. The van der Waals surface area contributed by atoms with E-state index >= 15 is 0 Å². The summed E-state index contributed by atoms with van der Waals surface area (Å²) in [4.78, 5) is 13.7. The van der Waals surface area contributed by atoms with E-state index in [0.717, 1.165) is 48.0 Å². The van der Waals surface area contributed by atoms with Gasteiger partial charge in [0.05, 0.1) is 18.3 Å². The SMILES string of the molecule is CCCOc1cccc(NC(=O)c2ccccc2SCC2CCCO2)c1. The third-order valence-corrected chi connectivity index (χ3v) is 5.35. The van der Waals surface area contributed by atoms with Gasteiger partial charge in [-0.1, -0.05) is 25.1 Å². The summed E-state index contributed by atoms with van der Waals surface area (Å²) in [5, 5.41) is 2.98. The summed E-state index contributed by atoms with van der Waals surface area (Å²) in [6, 6.07) is 15.2. The lowest BCUT2D eigenvalue weighted by Gasteiger charge is -2.13. The Bertz CT molecular complexity index is 729. The minimum Gasteiger partial charge on any atom is -0.494 e. The molecule has 3 rings (SSSR count). The van der Waals surface area contributed by atoms with E-state index in [4.69, 9.17) is 9.47 Å². The van der Waals surface area contributed by atoms with Gasteiger partial charge in [0, 0.05) is 29.0 Å². The first-order chi connectivity index (χ1) is 12.8. The number of anilines is 1. The molecule has 1 saturated heterocycles. The fraction of sp³-hybridized carbons (Fsp3) is 0.381. The highest BCUT2D eigenvalue weighted by Crippen LogP contribution is 2.27. The van der Waals surface area contributed by atoms with Crippen molar-refractivity contribution in [3.8, 4) is 5.75 Å². The summed E-state index contributed by atoms with van der Waals surface area (Å²) in [5.41, 5.74) is 1.43. The third kappa shape index (κ3) is 5.26. The molecular weight excluding hydrogens is 346 g/mol. The zero-order valence-corrected chi connectivity index (χ0v) is 15.9. The molecule has 26 heavy (non-hydrogen) atoms. The number of thioether (sulfide) groups is 1. The monoisotopic (exact) mass is 371 g/mol. The fourth-order valence-corrected chi connectivity index (χ4v) is 3.94. The van der Waals surface area contributed by atoms with Gasteiger partial charge in [-0.25, -0.2) is 0 Å². The molecule has 0 spiro atoms. The Morgan fingerprint density at radius 3 is 2.96 bits per heavy atom. The second-order valence-electron chi connectivity index (χ2n) is 6.27. The summed E-state index contributed by atoms with van der Waals surface area (Å²) in [6.07, 6.45) is 3.48. The van der Waals surface area contributed by atoms with Gasteiger partial charge < -0.3 is 14.8 Å². The van der Waals surface area contributed by atoms with Crippen molar-refractivity contribution in [2.75, 3.05) is 24.3 Å². The quantitative estimate of drug-likeness (QED) is 0.664. The van der Waals surface area contributed by atoms with E-state index in [1.165, 1.54) is 0 Å². The van der Waals surface area contributed by atoms with Crippen LogP contribution in [0.2, 0.25) is 0 Å². The predicted molar refractivity (Wildman–Crippen MR) is 106 cm³/mol. The number of hydrogen-bond acceptors (Lipinski definition) is 4. The normalized spacial score (nSPS) is 16.4. The fourth-order valence-electron chi connectivity index (χ4n) is 2.82. The highest BCUT2D eigenvalue weighted by molar-refractivity contribution is 7.99. The van der Waals surface area contributed by atoms with Crippen molar-refractivity contribution in [3.05, 3.63) is 54.1 Å². The molecule has 1 unspecified atom stereocenters. The molecule has 2 aromatic carbocycles. The molecule has 1 atom stereocenters. The van der Waals surface area contributed by atoms with Crippen molar-refractivity contribution in [3.63, 3.8) is 0 Å². The molecule has 1 N–H and O–H groups in total. The van der Waals surface area contributed by atoms with E-state index in [0.29, 0.717) is 18.3 Å². The molecule has 2 aromatic rings. The topological polar surface area (TPSA) is 47.6 Å². The first-order valence-corrected chi connectivity index (χ1v) is 10.1. The second kappa shape index (κ2) is 9.64. The van der Waals surface area contributed by atoms with Crippen molar-refractivity contribution in [1.29, 1.82) is 0 Å². The van der Waals surface area contributed by atoms with Gasteiger partial charge >= 0.3 is 0 Å². The van der Waals surface area contributed by atoms with Crippen LogP contribution in [0.4, 0.5) is 5.69 Å². The maximum absolute atomic E-state index is 12.8. The van der Waals surface area contributed by atoms with Crippen LogP contribution < -0.4 is 10.1 Å². The average molecular weight is 372 g/mol. The maximum Gasteiger partial charge on any atom is 0.256 e. The summed E-state index contributed by atoms with van der Waals surface area (Å²) < 4.78 is 11.3. The summed E-state index contributed by atoms with van der Waals surface area (Å²) in [5.74, 6) is 1.55. The number of nitrogens with one attached hydrogen (secondary N) is 1. The van der Waals surface area contributed by atoms with Crippen LogP contribution in [0.3, 0.4) is 0 Å². The van der Waals surface area contributed by atoms with Crippen molar-refractivity contribution in [2.24, 2.45) is 0 Å². The lowest BCUT2D eigenvalue weighted by Crippen LogP contribution is -2.14. The molecule has 1 amide bonds. The van der Waals surface area contributed by atoms with Crippen LogP contribution in [0.25, 0.3) is 0 Å². The molecule has 0 aliphatic carbocycles. The Labute approximate surface area is 159 Å². The van der Waals surface area contributed by atoms with Gasteiger partial charge in [0.2, 0.25) is 0 Å².